The zero-order valence-electron chi connectivity index (χ0n) is 9.29. The Morgan fingerprint density at radius 3 is 2.81 bits per heavy atom. The van der Waals surface area contributed by atoms with E-state index in [0.717, 1.165) is 11.2 Å². The second-order valence-electron chi connectivity index (χ2n) is 3.73. The maximum absolute atomic E-state index is 10.9. The Bertz CT molecular complexity index is 347. The van der Waals surface area contributed by atoms with Crippen LogP contribution in [0.15, 0.2) is 22.8 Å². The van der Waals surface area contributed by atoms with E-state index in [4.69, 9.17) is 9.52 Å². The highest BCUT2D eigenvalue weighted by Gasteiger charge is 2.28. The predicted octanol–water partition coefficient (Wildman–Crippen LogP) is 2.16. The van der Waals surface area contributed by atoms with Gasteiger partial charge in [-0.1, -0.05) is 6.92 Å². The van der Waals surface area contributed by atoms with Gasteiger partial charge in [-0.3, -0.25) is 0 Å². The van der Waals surface area contributed by atoms with Crippen molar-refractivity contribution in [2.24, 2.45) is 5.92 Å². The number of amides is 1. The first-order chi connectivity index (χ1) is 7.57. The SMILES string of the molecule is C[C@H](CC=O)[C@@H](c1ccco1)N(C)C(=O)O. The van der Waals surface area contributed by atoms with Gasteiger partial charge in [-0.2, -0.15) is 0 Å². The minimum atomic E-state index is -1.04. The van der Waals surface area contributed by atoms with Crippen LogP contribution in [0.3, 0.4) is 0 Å². The van der Waals surface area contributed by atoms with Gasteiger partial charge >= 0.3 is 6.09 Å². The molecule has 16 heavy (non-hydrogen) atoms. The Kier molecular flexibility index (Phi) is 4.10. The lowest BCUT2D eigenvalue weighted by Gasteiger charge is -2.28. The second-order valence-corrected chi connectivity index (χ2v) is 3.73. The zero-order chi connectivity index (χ0) is 12.1. The molecule has 0 saturated heterocycles. The van der Waals surface area contributed by atoms with Gasteiger partial charge in [0.25, 0.3) is 0 Å². The fraction of sp³-hybridized carbons (Fsp3) is 0.455. The molecule has 2 atom stereocenters. The van der Waals surface area contributed by atoms with Crippen molar-refractivity contribution in [1.82, 2.24) is 4.90 Å². The zero-order valence-corrected chi connectivity index (χ0v) is 9.29. The van der Waals surface area contributed by atoms with Crippen LogP contribution < -0.4 is 0 Å². The van der Waals surface area contributed by atoms with Gasteiger partial charge in [0, 0.05) is 13.5 Å². The third-order valence-corrected chi connectivity index (χ3v) is 2.56. The first kappa shape index (κ1) is 12.3. The summed E-state index contributed by atoms with van der Waals surface area (Å²) in [5, 5.41) is 8.96. The standard InChI is InChI=1S/C11H15NO4/c1-8(5-6-13)10(12(2)11(14)15)9-4-3-7-16-9/h3-4,6-8,10H,5H2,1-2H3,(H,14,15)/t8-,10+/m1/s1. The molecule has 0 saturated carbocycles. The minimum absolute atomic E-state index is 0.121. The van der Waals surface area contributed by atoms with E-state index in [0.29, 0.717) is 12.2 Å². The second kappa shape index (κ2) is 5.34. The lowest BCUT2D eigenvalue weighted by atomic mass is 9.96. The highest BCUT2D eigenvalue weighted by molar-refractivity contribution is 5.65. The van der Waals surface area contributed by atoms with E-state index in [2.05, 4.69) is 0 Å². The topological polar surface area (TPSA) is 70.8 Å². The number of furan rings is 1. The molecule has 0 spiro atoms. The number of carbonyl (C=O) groups is 2. The summed E-state index contributed by atoms with van der Waals surface area (Å²) >= 11 is 0. The van der Waals surface area contributed by atoms with Crippen molar-refractivity contribution in [3.8, 4) is 0 Å². The Balaban J connectivity index is 2.93. The van der Waals surface area contributed by atoms with Crippen LogP contribution in [0.25, 0.3) is 0 Å². The third-order valence-electron chi connectivity index (χ3n) is 2.56. The van der Waals surface area contributed by atoms with Gasteiger partial charge in [0.1, 0.15) is 12.0 Å². The number of hydrogen-bond acceptors (Lipinski definition) is 3. The molecule has 1 aromatic heterocycles. The number of hydrogen-bond donors (Lipinski definition) is 1. The van der Waals surface area contributed by atoms with Crippen molar-refractivity contribution < 1.29 is 19.1 Å². The first-order valence-corrected chi connectivity index (χ1v) is 5.00. The molecule has 0 fully saturated rings. The van der Waals surface area contributed by atoms with Crippen molar-refractivity contribution in [2.45, 2.75) is 19.4 Å². The van der Waals surface area contributed by atoms with Crippen molar-refractivity contribution >= 4 is 12.4 Å². The minimum Gasteiger partial charge on any atom is -0.467 e. The van der Waals surface area contributed by atoms with Crippen LogP contribution in [0.5, 0.6) is 0 Å². The molecule has 1 heterocycles. The lowest BCUT2D eigenvalue weighted by Crippen LogP contribution is -2.33. The molecule has 1 amide bonds. The molecule has 0 bridgehead atoms. The van der Waals surface area contributed by atoms with Crippen LogP contribution in [-0.2, 0) is 4.79 Å². The van der Waals surface area contributed by atoms with Gasteiger partial charge in [-0.15, -0.1) is 0 Å². The van der Waals surface area contributed by atoms with Gasteiger partial charge in [0.05, 0.1) is 12.3 Å². The normalized spacial score (nSPS) is 14.1. The summed E-state index contributed by atoms with van der Waals surface area (Å²) in [5.41, 5.74) is 0. The van der Waals surface area contributed by atoms with E-state index in [1.807, 2.05) is 6.92 Å². The third kappa shape index (κ3) is 2.62. The van der Waals surface area contributed by atoms with Gasteiger partial charge < -0.3 is 19.2 Å². The Hall–Kier alpha value is -1.78. The molecular weight excluding hydrogens is 210 g/mol. The molecule has 1 rings (SSSR count). The fourth-order valence-electron chi connectivity index (χ4n) is 1.71. The summed E-state index contributed by atoms with van der Waals surface area (Å²) in [6, 6.07) is 2.98. The van der Waals surface area contributed by atoms with E-state index in [9.17, 15) is 9.59 Å². The molecule has 0 radical (unpaired) electrons. The summed E-state index contributed by atoms with van der Waals surface area (Å²) < 4.78 is 5.21. The molecule has 0 unspecified atom stereocenters. The Labute approximate surface area is 93.7 Å². The molecule has 0 aromatic carbocycles. The van der Waals surface area contributed by atoms with Gasteiger partial charge in [-0.25, -0.2) is 4.79 Å². The molecule has 5 heteroatoms. The van der Waals surface area contributed by atoms with Gasteiger partial charge in [0.15, 0.2) is 0 Å². The van der Waals surface area contributed by atoms with E-state index in [-0.39, 0.29) is 5.92 Å². The van der Waals surface area contributed by atoms with Crippen LogP contribution >= 0.6 is 0 Å². The van der Waals surface area contributed by atoms with Crippen molar-refractivity contribution in [3.63, 3.8) is 0 Å². The molecule has 0 aliphatic rings. The van der Waals surface area contributed by atoms with Gasteiger partial charge in [0.2, 0.25) is 0 Å². The number of carbonyl (C=O) groups excluding carboxylic acids is 1. The van der Waals surface area contributed by atoms with E-state index in [1.165, 1.54) is 13.3 Å². The quantitative estimate of drug-likeness (QED) is 0.779. The van der Waals surface area contributed by atoms with Crippen molar-refractivity contribution in [3.05, 3.63) is 24.2 Å². The van der Waals surface area contributed by atoms with Gasteiger partial charge in [-0.05, 0) is 18.1 Å². The predicted molar refractivity (Wildman–Crippen MR) is 57.1 cm³/mol. The smallest absolute Gasteiger partial charge is 0.407 e. The van der Waals surface area contributed by atoms with E-state index < -0.39 is 12.1 Å². The van der Waals surface area contributed by atoms with Crippen LogP contribution in [0.2, 0.25) is 0 Å². The molecule has 88 valence electrons. The Morgan fingerprint density at radius 2 is 2.38 bits per heavy atom. The number of rotatable bonds is 5. The van der Waals surface area contributed by atoms with E-state index in [1.54, 1.807) is 12.1 Å². The molecule has 0 aliphatic carbocycles. The lowest BCUT2D eigenvalue weighted by molar-refractivity contribution is -0.109. The highest BCUT2D eigenvalue weighted by atomic mass is 16.4. The average Bonchev–Trinajstić information content (AvgIpc) is 2.71. The van der Waals surface area contributed by atoms with Crippen LogP contribution in [0.1, 0.15) is 25.1 Å². The summed E-state index contributed by atoms with van der Waals surface area (Å²) in [7, 11) is 1.47. The van der Waals surface area contributed by atoms with Crippen molar-refractivity contribution in [1.29, 1.82) is 0 Å². The van der Waals surface area contributed by atoms with Crippen LogP contribution in [0.4, 0.5) is 4.79 Å². The maximum atomic E-state index is 10.9. The van der Waals surface area contributed by atoms with Crippen LogP contribution in [0, 0.1) is 5.92 Å². The first-order valence-electron chi connectivity index (χ1n) is 5.00. The monoisotopic (exact) mass is 225 g/mol. The molecular formula is C11H15NO4. The number of carboxylic acid groups (broad SMARTS) is 1. The largest absolute Gasteiger partial charge is 0.467 e. The average molecular weight is 225 g/mol. The number of aldehydes is 1. The fourth-order valence-corrected chi connectivity index (χ4v) is 1.71. The van der Waals surface area contributed by atoms with Crippen molar-refractivity contribution in [2.75, 3.05) is 7.05 Å². The summed E-state index contributed by atoms with van der Waals surface area (Å²) in [5.74, 6) is 0.434. The maximum Gasteiger partial charge on any atom is 0.407 e. The van der Waals surface area contributed by atoms with E-state index >= 15 is 0 Å². The molecule has 1 N–H and O–H groups in total. The molecule has 0 aliphatic heterocycles. The summed E-state index contributed by atoms with van der Waals surface area (Å²) in [6.45, 7) is 1.82. The summed E-state index contributed by atoms with van der Waals surface area (Å²) in [6.07, 6.45) is 1.53. The highest BCUT2D eigenvalue weighted by Crippen LogP contribution is 2.29. The number of nitrogens with zero attached hydrogens (tertiary/aromatic N) is 1. The van der Waals surface area contributed by atoms with Crippen LogP contribution in [-0.4, -0.2) is 29.4 Å². The molecule has 5 nitrogen and oxygen atoms in total. The molecule has 1 aromatic rings. The summed E-state index contributed by atoms with van der Waals surface area (Å²) in [4.78, 5) is 22.6. The Morgan fingerprint density at radius 1 is 1.69 bits per heavy atom.